The first-order valence-corrected chi connectivity index (χ1v) is 4.79. The number of benzene rings is 1. The average molecular weight is 285 g/mol. The first-order valence-electron chi connectivity index (χ1n) is 3.71. The van der Waals surface area contributed by atoms with Gasteiger partial charge in [-0.05, 0) is 15.1 Å². The monoisotopic (exact) mass is 285 g/mol. The third-order valence-corrected chi connectivity index (χ3v) is 1.93. The first-order chi connectivity index (χ1) is 6.36. The first kappa shape index (κ1) is 10.1. The normalized spacial score (nSPS) is 9.62. The maximum atomic E-state index is 8.28. The van der Waals surface area contributed by atoms with Crippen LogP contribution in [0.1, 0.15) is 11.1 Å². The van der Waals surface area contributed by atoms with E-state index in [4.69, 9.17) is 5.21 Å². The summed E-state index contributed by atoms with van der Waals surface area (Å²) in [4.78, 5) is 0. The fourth-order valence-corrected chi connectivity index (χ4v) is 1.11. The van der Waals surface area contributed by atoms with Crippen molar-refractivity contribution < 1.29 is 5.21 Å². The van der Waals surface area contributed by atoms with Crippen molar-refractivity contribution in [2.45, 2.75) is 6.42 Å². The topological polar surface area (TPSA) is 32.6 Å². The van der Waals surface area contributed by atoms with Gasteiger partial charge in [-0.2, -0.15) is 0 Å². The fourth-order valence-electron chi connectivity index (χ4n) is 0.924. The second-order valence-corrected chi connectivity index (χ2v) is 2.97. The lowest BCUT2D eigenvalue weighted by molar-refractivity contribution is 0.322. The highest BCUT2D eigenvalue weighted by Crippen LogP contribution is 2.02. The molecule has 0 atom stereocenters. The highest BCUT2D eigenvalue weighted by atomic mass is 127. The lowest BCUT2D eigenvalue weighted by Crippen LogP contribution is -1.84. The van der Waals surface area contributed by atoms with Crippen LogP contribution in [0.4, 0.5) is 0 Å². The molecular formula is C10H8INO. The minimum absolute atomic E-state index is 0.763. The van der Waals surface area contributed by atoms with Gasteiger partial charge in [0.15, 0.2) is 0 Å². The molecule has 0 amide bonds. The molecule has 13 heavy (non-hydrogen) atoms. The summed E-state index contributed by atoms with van der Waals surface area (Å²) in [5, 5.41) is 11.2. The molecule has 0 fully saturated rings. The van der Waals surface area contributed by atoms with Gasteiger partial charge < -0.3 is 5.21 Å². The Morgan fingerprint density at radius 1 is 1.38 bits per heavy atom. The number of hydrogen-bond donors (Lipinski definition) is 1. The molecular weight excluding hydrogens is 277 g/mol. The molecule has 0 saturated heterocycles. The number of oxime groups is 1. The van der Waals surface area contributed by atoms with E-state index in [1.165, 1.54) is 11.8 Å². The zero-order chi connectivity index (χ0) is 9.52. The molecule has 1 N–H and O–H groups in total. The van der Waals surface area contributed by atoms with Gasteiger partial charge in [0, 0.05) is 29.0 Å². The molecule has 0 aliphatic rings. The van der Waals surface area contributed by atoms with E-state index < -0.39 is 0 Å². The Kier molecular flexibility index (Phi) is 4.33. The quantitative estimate of drug-likeness (QED) is 0.292. The summed E-state index contributed by atoms with van der Waals surface area (Å²) < 4.78 is 2.81. The Labute approximate surface area is 90.8 Å². The van der Waals surface area contributed by atoms with Crippen LogP contribution >= 0.6 is 22.6 Å². The summed E-state index contributed by atoms with van der Waals surface area (Å²) in [5.41, 5.74) is 2.05. The largest absolute Gasteiger partial charge is 0.411 e. The molecule has 66 valence electrons. The molecule has 1 aromatic rings. The van der Waals surface area contributed by atoms with Gasteiger partial charge in [-0.25, -0.2) is 0 Å². The van der Waals surface area contributed by atoms with Crippen LogP contribution in [-0.2, 0) is 6.42 Å². The van der Waals surface area contributed by atoms with Gasteiger partial charge in [-0.15, -0.1) is 0 Å². The molecule has 0 unspecified atom stereocenters. The highest BCUT2D eigenvalue weighted by molar-refractivity contribution is 14.1. The molecule has 0 spiro atoms. The van der Waals surface area contributed by atoms with Crippen LogP contribution in [0.3, 0.4) is 0 Å². The third-order valence-electron chi connectivity index (χ3n) is 1.55. The van der Waals surface area contributed by atoms with Gasteiger partial charge in [0.25, 0.3) is 0 Å². The Morgan fingerprint density at radius 3 is 2.62 bits per heavy atom. The van der Waals surface area contributed by atoms with Crippen LogP contribution in [0.25, 0.3) is 0 Å². The molecule has 0 saturated carbocycles. The molecule has 1 aromatic carbocycles. The van der Waals surface area contributed by atoms with Crippen molar-refractivity contribution in [3.05, 3.63) is 35.4 Å². The van der Waals surface area contributed by atoms with Gasteiger partial charge >= 0.3 is 0 Å². The SMILES string of the molecule is O/N=C\c1ccc(CC#CI)cc1. The van der Waals surface area contributed by atoms with E-state index in [1.54, 1.807) is 0 Å². The van der Waals surface area contributed by atoms with E-state index in [0.717, 1.165) is 12.0 Å². The van der Waals surface area contributed by atoms with Gasteiger partial charge in [-0.1, -0.05) is 35.3 Å². The van der Waals surface area contributed by atoms with Crippen molar-refractivity contribution in [2.75, 3.05) is 0 Å². The third kappa shape index (κ3) is 3.47. The van der Waals surface area contributed by atoms with Crippen LogP contribution in [0.2, 0.25) is 0 Å². The number of hydrogen-bond acceptors (Lipinski definition) is 2. The van der Waals surface area contributed by atoms with Gasteiger partial charge in [0.05, 0.1) is 6.21 Å². The molecule has 0 heterocycles. The van der Waals surface area contributed by atoms with E-state index in [2.05, 4.69) is 15.0 Å². The second-order valence-electron chi connectivity index (χ2n) is 2.43. The summed E-state index contributed by atoms with van der Waals surface area (Å²) in [5.74, 6) is 2.97. The summed E-state index contributed by atoms with van der Waals surface area (Å²) in [6.07, 6.45) is 2.16. The molecule has 0 aliphatic heterocycles. The average Bonchev–Trinajstić information content (AvgIpc) is 2.17. The van der Waals surface area contributed by atoms with Gasteiger partial charge in [-0.3, -0.25) is 0 Å². The zero-order valence-corrected chi connectivity index (χ0v) is 9.02. The van der Waals surface area contributed by atoms with Crippen LogP contribution in [0.5, 0.6) is 0 Å². The van der Waals surface area contributed by atoms with Crippen molar-refractivity contribution in [2.24, 2.45) is 5.16 Å². The maximum absolute atomic E-state index is 8.28. The Hall–Kier alpha value is -1.02. The van der Waals surface area contributed by atoms with E-state index in [1.807, 2.05) is 46.9 Å². The van der Waals surface area contributed by atoms with E-state index >= 15 is 0 Å². The van der Waals surface area contributed by atoms with E-state index in [-0.39, 0.29) is 0 Å². The molecule has 2 nitrogen and oxygen atoms in total. The zero-order valence-electron chi connectivity index (χ0n) is 6.87. The van der Waals surface area contributed by atoms with Gasteiger partial charge in [0.1, 0.15) is 0 Å². The number of rotatable bonds is 2. The highest BCUT2D eigenvalue weighted by Gasteiger charge is 1.90. The predicted octanol–water partition coefficient (Wildman–Crippen LogP) is 2.43. The van der Waals surface area contributed by atoms with Crippen molar-refractivity contribution in [3.63, 3.8) is 0 Å². The molecule has 0 aliphatic carbocycles. The minimum Gasteiger partial charge on any atom is -0.411 e. The summed E-state index contributed by atoms with van der Waals surface area (Å²) in [6, 6.07) is 7.73. The Bertz CT molecular complexity index is 345. The summed E-state index contributed by atoms with van der Waals surface area (Å²) >= 11 is 2.02. The van der Waals surface area contributed by atoms with Crippen molar-refractivity contribution >= 4 is 28.8 Å². The van der Waals surface area contributed by atoms with E-state index in [9.17, 15) is 0 Å². The molecule has 0 bridgehead atoms. The Morgan fingerprint density at radius 2 is 2.08 bits per heavy atom. The van der Waals surface area contributed by atoms with E-state index in [0.29, 0.717) is 0 Å². The summed E-state index contributed by atoms with van der Waals surface area (Å²) in [7, 11) is 0. The van der Waals surface area contributed by atoms with Crippen LogP contribution < -0.4 is 0 Å². The van der Waals surface area contributed by atoms with Crippen LogP contribution in [-0.4, -0.2) is 11.4 Å². The fraction of sp³-hybridized carbons (Fsp3) is 0.100. The predicted molar refractivity (Wildman–Crippen MR) is 61.3 cm³/mol. The Balaban J connectivity index is 2.73. The minimum atomic E-state index is 0.763. The van der Waals surface area contributed by atoms with Crippen LogP contribution in [0, 0.1) is 9.85 Å². The summed E-state index contributed by atoms with van der Waals surface area (Å²) in [6.45, 7) is 0. The maximum Gasteiger partial charge on any atom is 0.0733 e. The van der Waals surface area contributed by atoms with Gasteiger partial charge in [0.2, 0.25) is 0 Å². The van der Waals surface area contributed by atoms with Crippen LogP contribution in [0.15, 0.2) is 29.4 Å². The molecule has 0 radical (unpaired) electrons. The van der Waals surface area contributed by atoms with Crippen molar-refractivity contribution in [1.29, 1.82) is 0 Å². The van der Waals surface area contributed by atoms with Crippen molar-refractivity contribution in [1.82, 2.24) is 0 Å². The molecule has 1 rings (SSSR count). The molecule has 0 aromatic heterocycles. The number of halogens is 1. The lowest BCUT2D eigenvalue weighted by Gasteiger charge is -1.94. The molecule has 3 heteroatoms. The smallest absolute Gasteiger partial charge is 0.0733 e. The second kappa shape index (κ2) is 5.60. The lowest BCUT2D eigenvalue weighted by atomic mass is 10.1. The van der Waals surface area contributed by atoms with Crippen molar-refractivity contribution in [3.8, 4) is 9.85 Å². The number of nitrogens with zero attached hydrogens (tertiary/aromatic N) is 1. The standard InChI is InChI=1S/C10H8INO/c11-7-1-2-9-3-5-10(6-4-9)8-12-13/h3-6,8,13H,2H2/b12-8-.